The Morgan fingerprint density at radius 3 is 2.44 bits per heavy atom. The van der Waals surface area contributed by atoms with E-state index >= 15 is 0 Å². The summed E-state index contributed by atoms with van der Waals surface area (Å²) < 4.78 is 43.5. The molecule has 1 N–H and O–H groups in total. The van der Waals surface area contributed by atoms with E-state index < -0.39 is 15.9 Å². The number of benzene rings is 3. The number of hydrogen-bond donors (Lipinski definition) is 1. The highest BCUT2D eigenvalue weighted by Crippen LogP contribution is 2.34. The second kappa shape index (κ2) is 9.29. The first kappa shape index (κ1) is 21.7. The van der Waals surface area contributed by atoms with E-state index in [9.17, 15) is 13.2 Å². The van der Waals surface area contributed by atoms with Gasteiger partial charge in [-0.25, -0.2) is 8.42 Å². The normalized spacial score (nSPS) is 12.6. The zero-order valence-corrected chi connectivity index (χ0v) is 18.2. The van der Waals surface area contributed by atoms with Crippen LogP contribution in [0.15, 0.2) is 77.7 Å². The van der Waals surface area contributed by atoms with E-state index in [-0.39, 0.29) is 24.8 Å². The summed E-state index contributed by atoms with van der Waals surface area (Å²) in [5.74, 6) is 1.18. The minimum Gasteiger partial charge on any atom is -0.497 e. The summed E-state index contributed by atoms with van der Waals surface area (Å²) in [6.45, 7) is -0.195. The van der Waals surface area contributed by atoms with Crippen LogP contribution in [-0.4, -0.2) is 39.1 Å². The Hall–Kier alpha value is -3.56. The maximum absolute atomic E-state index is 13.3. The SMILES string of the molecule is COc1ccc(S(=O)(=O)N(CC(=O)Nc2ccc3c(c2)OCO3)Cc2ccccc2)cc1. The lowest BCUT2D eigenvalue weighted by molar-refractivity contribution is -0.116. The van der Waals surface area contributed by atoms with Gasteiger partial charge in [0.05, 0.1) is 18.6 Å². The molecule has 1 aliphatic heterocycles. The molecule has 166 valence electrons. The summed E-state index contributed by atoms with van der Waals surface area (Å²) in [5.41, 5.74) is 1.25. The Morgan fingerprint density at radius 1 is 1.00 bits per heavy atom. The fourth-order valence-electron chi connectivity index (χ4n) is 3.24. The number of carbonyl (C=O) groups excluding carboxylic acids is 1. The van der Waals surface area contributed by atoms with Gasteiger partial charge in [-0.3, -0.25) is 4.79 Å². The average molecular weight is 455 g/mol. The molecule has 3 aromatic rings. The minimum absolute atomic E-state index is 0.0454. The second-order valence-corrected chi connectivity index (χ2v) is 8.99. The van der Waals surface area contributed by atoms with Gasteiger partial charge in [-0.15, -0.1) is 0 Å². The highest BCUT2D eigenvalue weighted by molar-refractivity contribution is 7.89. The van der Waals surface area contributed by atoms with Gasteiger partial charge in [-0.2, -0.15) is 4.31 Å². The van der Waals surface area contributed by atoms with E-state index in [1.54, 1.807) is 30.3 Å². The topological polar surface area (TPSA) is 94.2 Å². The monoisotopic (exact) mass is 454 g/mol. The first-order valence-electron chi connectivity index (χ1n) is 9.83. The fraction of sp³-hybridized carbons (Fsp3) is 0.174. The number of hydrogen-bond acceptors (Lipinski definition) is 6. The van der Waals surface area contributed by atoms with Gasteiger partial charge in [-0.1, -0.05) is 30.3 Å². The maximum atomic E-state index is 13.3. The second-order valence-electron chi connectivity index (χ2n) is 7.05. The molecular weight excluding hydrogens is 432 g/mol. The van der Waals surface area contributed by atoms with Gasteiger partial charge in [-0.05, 0) is 42.0 Å². The van der Waals surface area contributed by atoms with Crippen molar-refractivity contribution in [3.05, 3.63) is 78.4 Å². The average Bonchev–Trinajstić information content (AvgIpc) is 3.27. The Bertz CT molecular complexity index is 1200. The van der Waals surface area contributed by atoms with Crippen molar-refractivity contribution in [2.45, 2.75) is 11.4 Å². The van der Waals surface area contributed by atoms with Crippen molar-refractivity contribution < 1.29 is 27.4 Å². The summed E-state index contributed by atoms with van der Waals surface area (Å²) in [6.07, 6.45) is 0. The Balaban J connectivity index is 1.56. The van der Waals surface area contributed by atoms with Crippen LogP contribution in [-0.2, 0) is 21.4 Å². The fourth-order valence-corrected chi connectivity index (χ4v) is 4.63. The molecule has 0 saturated heterocycles. The summed E-state index contributed by atoms with van der Waals surface area (Å²) in [6, 6.07) is 20.2. The molecule has 0 aliphatic carbocycles. The third-order valence-electron chi connectivity index (χ3n) is 4.88. The zero-order chi connectivity index (χ0) is 22.6. The van der Waals surface area contributed by atoms with Gasteiger partial charge in [0.15, 0.2) is 11.5 Å². The van der Waals surface area contributed by atoms with E-state index in [0.29, 0.717) is 22.9 Å². The van der Waals surface area contributed by atoms with Gasteiger partial charge < -0.3 is 19.5 Å². The summed E-state index contributed by atoms with van der Waals surface area (Å²) in [5, 5.41) is 2.73. The van der Waals surface area contributed by atoms with Gasteiger partial charge in [0.2, 0.25) is 22.7 Å². The van der Waals surface area contributed by atoms with Crippen LogP contribution >= 0.6 is 0 Å². The highest BCUT2D eigenvalue weighted by Gasteiger charge is 2.27. The van der Waals surface area contributed by atoms with Gasteiger partial charge in [0.25, 0.3) is 0 Å². The number of methoxy groups -OCH3 is 1. The molecule has 0 atom stereocenters. The van der Waals surface area contributed by atoms with Crippen molar-refractivity contribution in [3.63, 3.8) is 0 Å². The Labute approximate surface area is 186 Å². The number of nitrogens with one attached hydrogen (secondary N) is 1. The molecule has 32 heavy (non-hydrogen) atoms. The smallest absolute Gasteiger partial charge is 0.243 e. The van der Waals surface area contributed by atoms with Crippen molar-refractivity contribution in [3.8, 4) is 17.2 Å². The molecule has 9 heteroatoms. The molecule has 0 unspecified atom stereocenters. The van der Waals surface area contributed by atoms with E-state index in [1.165, 1.54) is 19.2 Å². The largest absolute Gasteiger partial charge is 0.497 e. The molecule has 1 amide bonds. The number of ether oxygens (including phenoxy) is 3. The molecule has 1 aliphatic rings. The number of nitrogens with zero attached hydrogens (tertiary/aromatic N) is 1. The van der Waals surface area contributed by atoms with Crippen molar-refractivity contribution >= 4 is 21.6 Å². The van der Waals surface area contributed by atoms with Crippen LogP contribution in [0, 0.1) is 0 Å². The summed E-state index contributed by atoms with van der Waals surface area (Å²) >= 11 is 0. The zero-order valence-electron chi connectivity index (χ0n) is 17.4. The molecule has 0 bridgehead atoms. The van der Waals surface area contributed by atoms with E-state index in [4.69, 9.17) is 14.2 Å². The van der Waals surface area contributed by atoms with Crippen LogP contribution in [0.5, 0.6) is 17.2 Å². The number of carbonyl (C=O) groups is 1. The van der Waals surface area contributed by atoms with Crippen LogP contribution in [0.25, 0.3) is 0 Å². The highest BCUT2D eigenvalue weighted by atomic mass is 32.2. The van der Waals surface area contributed by atoms with Gasteiger partial charge in [0.1, 0.15) is 5.75 Å². The molecule has 3 aromatic carbocycles. The molecule has 0 fully saturated rings. The van der Waals surface area contributed by atoms with Crippen LogP contribution in [0.2, 0.25) is 0 Å². The van der Waals surface area contributed by atoms with E-state index in [0.717, 1.165) is 9.87 Å². The molecule has 8 nitrogen and oxygen atoms in total. The quantitative estimate of drug-likeness (QED) is 0.562. The number of rotatable bonds is 8. The third kappa shape index (κ3) is 4.84. The van der Waals surface area contributed by atoms with Crippen molar-refractivity contribution in [1.29, 1.82) is 0 Å². The predicted octanol–water partition coefficient (Wildman–Crippen LogP) is 3.25. The lowest BCUT2D eigenvalue weighted by atomic mass is 10.2. The summed E-state index contributed by atoms with van der Waals surface area (Å²) in [4.78, 5) is 12.9. The molecule has 1 heterocycles. The van der Waals surface area contributed by atoms with Crippen LogP contribution < -0.4 is 19.5 Å². The van der Waals surface area contributed by atoms with Crippen molar-refractivity contribution in [2.75, 3.05) is 25.8 Å². The number of fused-ring (bicyclic) bond motifs is 1. The molecule has 0 spiro atoms. The minimum atomic E-state index is -3.95. The van der Waals surface area contributed by atoms with Crippen LogP contribution in [0.3, 0.4) is 0 Å². The van der Waals surface area contributed by atoms with Crippen LogP contribution in [0.1, 0.15) is 5.56 Å². The summed E-state index contributed by atoms with van der Waals surface area (Å²) in [7, 11) is -2.44. The molecular formula is C23H22N2O6S. The molecule has 0 radical (unpaired) electrons. The third-order valence-corrected chi connectivity index (χ3v) is 6.68. The van der Waals surface area contributed by atoms with Crippen molar-refractivity contribution in [1.82, 2.24) is 4.31 Å². The number of anilines is 1. The Morgan fingerprint density at radius 2 is 1.72 bits per heavy atom. The van der Waals surface area contributed by atoms with E-state index in [2.05, 4.69) is 5.32 Å². The first-order chi connectivity index (χ1) is 15.5. The molecule has 0 saturated carbocycles. The Kier molecular flexibility index (Phi) is 6.29. The number of sulfonamides is 1. The van der Waals surface area contributed by atoms with Crippen LogP contribution in [0.4, 0.5) is 5.69 Å². The molecule has 4 rings (SSSR count). The first-order valence-corrected chi connectivity index (χ1v) is 11.3. The van der Waals surface area contributed by atoms with E-state index in [1.807, 2.05) is 30.3 Å². The standard InChI is InChI=1S/C23H22N2O6S/c1-29-19-8-10-20(11-9-19)32(27,28)25(14-17-5-3-2-4-6-17)15-23(26)24-18-7-12-21-22(13-18)31-16-30-21/h2-13H,14-16H2,1H3,(H,24,26). The molecule has 0 aromatic heterocycles. The predicted molar refractivity (Wildman–Crippen MR) is 118 cm³/mol. The number of amides is 1. The lowest BCUT2D eigenvalue weighted by Crippen LogP contribution is -2.37. The maximum Gasteiger partial charge on any atom is 0.243 e. The lowest BCUT2D eigenvalue weighted by Gasteiger charge is -2.22. The van der Waals surface area contributed by atoms with Gasteiger partial charge >= 0.3 is 0 Å². The van der Waals surface area contributed by atoms with Crippen molar-refractivity contribution in [2.24, 2.45) is 0 Å². The van der Waals surface area contributed by atoms with Gasteiger partial charge in [0, 0.05) is 18.3 Å².